The molecule has 35 nitrogen and oxygen atoms in total. The molecular formula is C71H94N18O17S2. The highest BCUT2D eigenvalue weighted by Crippen LogP contribution is 2.30. The normalized spacial score (nSPS) is 22.9. The molecule has 3 fully saturated rings. The Morgan fingerprint density at radius 3 is 1.93 bits per heavy atom. The third-order valence-electron chi connectivity index (χ3n) is 18.5. The molecule has 11 atom stereocenters. The number of phenolic OH excluding ortho intramolecular Hbond substituents is 1. The van der Waals surface area contributed by atoms with Gasteiger partial charge in [-0.05, 0) is 105 Å². The zero-order chi connectivity index (χ0) is 78.6. The Morgan fingerprint density at radius 2 is 1.28 bits per heavy atom. The van der Waals surface area contributed by atoms with E-state index in [4.69, 9.17) is 22.6 Å². The number of likely N-dealkylation sites (tertiary alicyclic amines) is 1. The van der Waals surface area contributed by atoms with Crippen LogP contribution in [0.2, 0.25) is 0 Å². The van der Waals surface area contributed by atoms with Crippen LogP contribution >= 0.6 is 21.6 Å². The molecule has 582 valence electrons. The summed E-state index contributed by atoms with van der Waals surface area (Å²) in [6.45, 7) is 1.41. The Labute approximate surface area is 629 Å². The van der Waals surface area contributed by atoms with Crippen LogP contribution in [0.25, 0.3) is 10.9 Å². The molecule has 0 bridgehead atoms. The van der Waals surface area contributed by atoms with E-state index in [-0.39, 0.29) is 74.9 Å². The minimum atomic E-state index is -1.77. The van der Waals surface area contributed by atoms with E-state index in [1.165, 1.54) is 35.2 Å². The number of amides is 12. The van der Waals surface area contributed by atoms with Crippen molar-refractivity contribution in [2.45, 2.75) is 183 Å². The summed E-state index contributed by atoms with van der Waals surface area (Å²) in [7, 11) is 1.71. The molecule has 12 amide bonds. The predicted molar refractivity (Wildman–Crippen MR) is 396 cm³/mol. The van der Waals surface area contributed by atoms with E-state index in [1.54, 1.807) is 55.6 Å². The lowest BCUT2D eigenvalue weighted by Gasteiger charge is -2.30. The molecule has 2 aliphatic heterocycles. The van der Waals surface area contributed by atoms with Crippen molar-refractivity contribution in [3.8, 4) is 11.8 Å². The largest absolute Gasteiger partial charge is 0.508 e. The van der Waals surface area contributed by atoms with Gasteiger partial charge in [0.15, 0.2) is 5.96 Å². The van der Waals surface area contributed by atoms with E-state index in [0.717, 1.165) is 21.6 Å². The van der Waals surface area contributed by atoms with Crippen LogP contribution in [-0.2, 0) is 86.4 Å². The van der Waals surface area contributed by atoms with Crippen molar-refractivity contribution < 1.29 is 82.4 Å². The molecule has 4 aromatic rings. The van der Waals surface area contributed by atoms with Crippen molar-refractivity contribution in [3.05, 3.63) is 101 Å². The number of fused-ring (bicyclic) bond motifs is 1. The highest BCUT2D eigenvalue weighted by molar-refractivity contribution is 8.76. The summed E-state index contributed by atoms with van der Waals surface area (Å²) in [5.74, 6) is -15.8. The lowest BCUT2D eigenvalue weighted by Crippen LogP contribution is -2.61. The van der Waals surface area contributed by atoms with Gasteiger partial charge in [0, 0.05) is 99.2 Å². The number of carboxylic acid groups (broad SMARTS) is 2. The number of aromatic hydroxyl groups is 1. The lowest BCUT2D eigenvalue weighted by molar-refractivity contribution is -0.140. The summed E-state index contributed by atoms with van der Waals surface area (Å²) in [6.07, 6.45) is -0.0638. The minimum Gasteiger partial charge on any atom is -0.508 e. The van der Waals surface area contributed by atoms with Gasteiger partial charge in [-0.2, -0.15) is 5.26 Å². The van der Waals surface area contributed by atoms with Gasteiger partial charge in [0.25, 0.3) is 0 Å². The Balaban J connectivity index is 1.29. The number of primary amides is 1. The first-order valence-corrected chi connectivity index (χ1v) is 38.0. The van der Waals surface area contributed by atoms with Gasteiger partial charge in [0.2, 0.25) is 70.9 Å². The van der Waals surface area contributed by atoms with E-state index < -0.39 is 211 Å². The van der Waals surface area contributed by atoms with Crippen molar-refractivity contribution in [1.29, 1.82) is 10.7 Å². The number of nitrogens with one attached hydrogen (secondary N) is 13. The molecule has 2 saturated heterocycles. The molecule has 1 aliphatic carbocycles. The molecule has 108 heavy (non-hydrogen) atoms. The van der Waals surface area contributed by atoms with Gasteiger partial charge in [-0.1, -0.05) is 83.0 Å². The number of nitrogens with two attached hydrogens (primary N) is 3. The monoisotopic (exact) mass is 1530 g/mol. The number of carboxylic acids is 2. The Bertz CT molecular complexity index is 3960. The Hall–Kier alpha value is -11.0. The van der Waals surface area contributed by atoms with Crippen molar-refractivity contribution in [2.75, 3.05) is 31.1 Å². The van der Waals surface area contributed by atoms with Crippen molar-refractivity contribution >= 4 is 121 Å². The second-order valence-electron chi connectivity index (χ2n) is 26.8. The van der Waals surface area contributed by atoms with Crippen LogP contribution < -0.4 is 75.7 Å². The molecule has 0 unspecified atom stereocenters. The number of phenols is 1. The summed E-state index contributed by atoms with van der Waals surface area (Å²) in [5, 5.41) is 77.2. The second kappa shape index (κ2) is 41.8. The number of carbonyl (C=O) groups is 14. The van der Waals surface area contributed by atoms with E-state index in [2.05, 4.69) is 69.5 Å². The van der Waals surface area contributed by atoms with Gasteiger partial charge in [-0.3, -0.25) is 72.5 Å². The van der Waals surface area contributed by atoms with E-state index in [0.29, 0.717) is 54.1 Å². The van der Waals surface area contributed by atoms with Crippen molar-refractivity contribution in [2.24, 2.45) is 23.1 Å². The maximum absolute atomic E-state index is 15.3. The Kier molecular flexibility index (Phi) is 32.6. The van der Waals surface area contributed by atoms with Crippen LogP contribution in [0.5, 0.6) is 5.75 Å². The second-order valence-corrected chi connectivity index (χ2v) is 29.3. The number of aliphatic carboxylic acids is 2. The number of nitriles is 1. The standard InChI is InChI=1S/C71H94N18O17S2/c1-38(73)30-57(92)89-29-9-17-55(89)69(105)84-50(31-39-18-20-44(90)21-19-39)65(101)87-54-37-108-107-36-53(61(74)97)86-64(100)49(23-25-59(95)96)82-67(103)52(33-43-35-79-46-15-7-6-14-45(43)46)83-63(99)48(22-24-58(93)94)80-56(91)26-28-77-62(98)47(16-8-27-78-71(75)76)81-66(102)51(32-41-12-4-5-13-42(41)34-72)85-70(106)60(88-68(54)104)40-10-2-3-11-40/h4-7,12-15,18-21,35,38,40,47-55,60,79,90H,2-3,8-11,16-17,22-33,36-37,73H2,1H3,(H2,74,97)(H,77,98)(H,80,91)(H,81,102)(H,82,103)(H,83,99)(H,84,105)(H,85,106)(H,86,100)(H,87,101)(H,88,104)(H,93,94)(H,95,96)(H4,75,76,78)/t38-,47-,48-,49-,50-,51-,52-,53+,54-,55-,60-/m0/s1. The number of aromatic amines is 1. The quantitative estimate of drug-likeness (QED) is 0.0163. The van der Waals surface area contributed by atoms with Gasteiger partial charge in [0.1, 0.15) is 66.2 Å². The molecule has 1 saturated carbocycles. The molecule has 22 N–H and O–H groups in total. The van der Waals surface area contributed by atoms with Crippen LogP contribution in [0, 0.1) is 22.7 Å². The molecule has 0 radical (unpaired) electrons. The van der Waals surface area contributed by atoms with Crippen molar-refractivity contribution in [3.63, 3.8) is 0 Å². The van der Waals surface area contributed by atoms with Crippen LogP contribution in [0.3, 0.4) is 0 Å². The molecule has 0 spiro atoms. The maximum Gasteiger partial charge on any atom is 0.303 e. The van der Waals surface area contributed by atoms with E-state index in [1.807, 2.05) is 0 Å². The number of para-hydroxylation sites is 1. The number of guanidine groups is 1. The number of rotatable bonds is 24. The molecular weight excluding hydrogens is 1440 g/mol. The fourth-order valence-electron chi connectivity index (χ4n) is 12.8. The summed E-state index contributed by atoms with van der Waals surface area (Å²) < 4.78 is 0. The SMILES string of the molecule is C[C@H](N)CC(=O)N1CCC[C@H]1C(=O)N[C@@H](Cc1ccc(O)cc1)C(=O)N[C@H]1CSSC[C@H](C(N)=O)NC(=O)[C@H](CCC(=O)O)NC(=O)[C@H](Cc2c[nH]c3ccccc23)NC(=O)[C@H](CCC(=O)O)NC(=O)CCNC(=O)[C@H](CCCNC(=N)N)NC(=O)[C@H](Cc2ccccc2C#N)NC(=O)[C@H](C2CCCC2)NC1=O. The third-order valence-corrected chi connectivity index (χ3v) is 20.9. The fourth-order valence-corrected chi connectivity index (χ4v) is 15.1. The zero-order valence-corrected chi connectivity index (χ0v) is 61.1. The molecule has 3 aromatic carbocycles. The van der Waals surface area contributed by atoms with Crippen molar-refractivity contribution in [1.82, 2.24) is 68.4 Å². The number of carbonyl (C=O) groups excluding carboxylic acids is 12. The van der Waals surface area contributed by atoms with E-state index >= 15 is 19.2 Å². The number of benzene rings is 3. The smallest absolute Gasteiger partial charge is 0.303 e. The summed E-state index contributed by atoms with van der Waals surface area (Å²) in [4.78, 5) is 202. The summed E-state index contributed by atoms with van der Waals surface area (Å²) in [6, 6.07) is 4.84. The number of hydrogen-bond acceptors (Lipinski definition) is 20. The van der Waals surface area contributed by atoms with E-state index in [9.17, 15) is 68.5 Å². The van der Waals surface area contributed by atoms with Crippen LogP contribution in [-0.4, -0.2) is 212 Å². The number of aromatic nitrogens is 1. The fraction of sp³-hybridized carbons (Fsp3) is 0.493. The molecule has 3 aliphatic rings. The lowest BCUT2D eigenvalue weighted by atomic mass is 9.95. The molecule has 37 heteroatoms. The summed E-state index contributed by atoms with van der Waals surface area (Å²) >= 11 is 0. The highest BCUT2D eigenvalue weighted by atomic mass is 33.1. The van der Waals surface area contributed by atoms with Gasteiger partial charge in [0.05, 0.1) is 11.6 Å². The summed E-state index contributed by atoms with van der Waals surface area (Å²) in [5.41, 5.74) is 19.3. The topological polar surface area (TPSA) is 577 Å². The van der Waals surface area contributed by atoms with Gasteiger partial charge in [-0.15, -0.1) is 0 Å². The first kappa shape index (κ1) is 84.3. The van der Waals surface area contributed by atoms with Gasteiger partial charge in [-0.25, -0.2) is 0 Å². The number of H-pyrrole nitrogens is 1. The highest BCUT2D eigenvalue weighted by Gasteiger charge is 2.41. The molecule has 1 aromatic heterocycles. The van der Waals surface area contributed by atoms with Gasteiger partial charge >= 0.3 is 11.9 Å². The first-order valence-electron chi connectivity index (χ1n) is 35.5. The Morgan fingerprint density at radius 1 is 0.685 bits per heavy atom. The average molecular weight is 1540 g/mol. The molecule has 7 rings (SSSR count). The zero-order valence-electron chi connectivity index (χ0n) is 59.5. The number of hydrogen-bond donors (Lipinski definition) is 19. The number of nitrogens with zero attached hydrogens (tertiary/aromatic N) is 2. The van der Waals surface area contributed by atoms with Crippen LogP contribution in [0.1, 0.15) is 119 Å². The predicted octanol–water partition coefficient (Wildman–Crippen LogP) is -1.57. The van der Waals surface area contributed by atoms with Crippen LogP contribution in [0.15, 0.2) is 79.0 Å². The molecule has 3 heterocycles. The van der Waals surface area contributed by atoms with Gasteiger partial charge < -0.3 is 101 Å². The average Bonchev–Trinajstić information content (AvgIpc) is 1.62. The minimum absolute atomic E-state index is 0.0251. The van der Waals surface area contributed by atoms with Crippen LogP contribution in [0.4, 0.5) is 0 Å². The third kappa shape index (κ3) is 26.2. The maximum atomic E-state index is 15.3. The first-order chi connectivity index (χ1) is 51.6.